The number of nitrogens with one attached hydrogen (secondary N) is 1. The van der Waals surface area contributed by atoms with Crippen LogP contribution in [0.1, 0.15) is 45.1 Å². The van der Waals surface area contributed by atoms with Crippen molar-refractivity contribution in [3.63, 3.8) is 0 Å². The molecule has 0 aromatic heterocycles. The standard InChI is InChI=1S/C17H25N3O2/c1-3-22-17(21)19-18-14(2)15-8-10-16(11-9-15)20-12-6-4-5-7-13-20/h8-11H,3-7,12-13H2,1-2H3,(H,19,21)/b18-14+. The van der Waals surface area contributed by atoms with Crippen LogP contribution in [0.15, 0.2) is 29.4 Å². The van der Waals surface area contributed by atoms with E-state index in [1.54, 1.807) is 6.92 Å². The molecule has 1 aromatic carbocycles. The highest BCUT2D eigenvalue weighted by molar-refractivity contribution is 5.99. The van der Waals surface area contributed by atoms with Gasteiger partial charge in [-0.1, -0.05) is 25.0 Å². The molecule has 0 spiro atoms. The second-order valence-corrected chi connectivity index (χ2v) is 5.48. The number of hydrogen-bond acceptors (Lipinski definition) is 4. The first kappa shape index (κ1) is 16.3. The highest BCUT2D eigenvalue weighted by Gasteiger charge is 2.10. The maximum atomic E-state index is 11.2. The largest absolute Gasteiger partial charge is 0.449 e. The highest BCUT2D eigenvalue weighted by Crippen LogP contribution is 2.20. The highest BCUT2D eigenvalue weighted by atomic mass is 16.5. The Morgan fingerprint density at radius 1 is 1.18 bits per heavy atom. The Kier molecular flexibility index (Phi) is 6.25. The van der Waals surface area contributed by atoms with Gasteiger partial charge in [-0.05, 0) is 44.4 Å². The Bertz CT molecular complexity index is 503. The summed E-state index contributed by atoms with van der Waals surface area (Å²) >= 11 is 0. The predicted molar refractivity (Wildman–Crippen MR) is 89.5 cm³/mol. The van der Waals surface area contributed by atoms with Crippen LogP contribution in [-0.2, 0) is 4.74 Å². The minimum Gasteiger partial charge on any atom is -0.449 e. The molecule has 2 rings (SSSR count). The zero-order valence-corrected chi connectivity index (χ0v) is 13.5. The second-order valence-electron chi connectivity index (χ2n) is 5.48. The van der Waals surface area contributed by atoms with Crippen molar-refractivity contribution in [3.05, 3.63) is 29.8 Å². The number of benzene rings is 1. The maximum Gasteiger partial charge on any atom is 0.427 e. The quantitative estimate of drug-likeness (QED) is 0.684. The number of carbonyl (C=O) groups excluding carboxylic acids is 1. The van der Waals surface area contributed by atoms with Crippen molar-refractivity contribution in [1.29, 1.82) is 0 Å². The van der Waals surface area contributed by atoms with Gasteiger partial charge in [0.25, 0.3) is 0 Å². The van der Waals surface area contributed by atoms with Crippen LogP contribution in [0.2, 0.25) is 0 Å². The van der Waals surface area contributed by atoms with E-state index >= 15 is 0 Å². The first-order chi connectivity index (χ1) is 10.7. The molecule has 1 fully saturated rings. The van der Waals surface area contributed by atoms with Crippen molar-refractivity contribution in [1.82, 2.24) is 5.43 Å². The first-order valence-electron chi connectivity index (χ1n) is 8.03. The number of anilines is 1. The third kappa shape index (κ3) is 4.76. The van der Waals surface area contributed by atoms with Gasteiger partial charge in [-0.25, -0.2) is 10.2 Å². The van der Waals surface area contributed by atoms with Crippen molar-refractivity contribution < 1.29 is 9.53 Å². The van der Waals surface area contributed by atoms with E-state index in [-0.39, 0.29) is 0 Å². The van der Waals surface area contributed by atoms with Crippen molar-refractivity contribution in [2.24, 2.45) is 5.10 Å². The van der Waals surface area contributed by atoms with E-state index in [2.05, 4.69) is 27.6 Å². The molecule has 1 aromatic rings. The van der Waals surface area contributed by atoms with Crippen molar-refractivity contribution in [2.75, 3.05) is 24.6 Å². The van der Waals surface area contributed by atoms with Gasteiger partial charge in [0.15, 0.2) is 0 Å². The van der Waals surface area contributed by atoms with Crippen LogP contribution in [-0.4, -0.2) is 31.5 Å². The normalized spacial score (nSPS) is 16.1. The molecule has 0 atom stereocenters. The van der Waals surface area contributed by atoms with Gasteiger partial charge < -0.3 is 9.64 Å². The van der Waals surface area contributed by atoms with Crippen LogP contribution in [0.25, 0.3) is 0 Å². The third-order valence-electron chi connectivity index (χ3n) is 3.85. The Morgan fingerprint density at radius 3 is 2.41 bits per heavy atom. The summed E-state index contributed by atoms with van der Waals surface area (Å²) in [6.45, 7) is 6.24. The molecular weight excluding hydrogens is 278 g/mol. The van der Waals surface area contributed by atoms with Crippen LogP contribution in [0.5, 0.6) is 0 Å². The molecule has 22 heavy (non-hydrogen) atoms. The summed E-state index contributed by atoms with van der Waals surface area (Å²) in [5.74, 6) is 0. The smallest absolute Gasteiger partial charge is 0.427 e. The number of hydrogen-bond donors (Lipinski definition) is 1. The van der Waals surface area contributed by atoms with Crippen LogP contribution in [0, 0.1) is 0 Å². The zero-order chi connectivity index (χ0) is 15.8. The molecule has 1 amide bonds. The minimum absolute atomic E-state index is 0.338. The Balaban J connectivity index is 1.98. The lowest BCUT2D eigenvalue weighted by Crippen LogP contribution is -2.23. The van der Waals surface area contributed by atoms with E-state index in [1.165, 1.54) is 31.4 Å². The summed E-state index contributed by atoms with van der Waals surface area (Å²) in [6, 6.07) is 8.35. The molecule has 1 saturated heterocycles. The van der Waals surface area contributed by atoms with Crippen LogP contribution >= 0.6 is 0 Å². The average molecular weight is 303 g/mol. The lowest BCUT2D eigenvalue weighted by atomic mass is 10.1. The molecule has 1 N–H and O–H groups in total. The van der Waals surface area contributed by atoms with E-state index in [0.717, 1.165) is 24.4 Å². The fraction of sp³-hybridized carbons (Fsp3) is 0.529. The van der Waals surface area contributed by atoms with E-state index in [9.17, 15) is 4.79 Å². The van der Waals surface area contributed by atoms with Gasteiger partial charge in [-0.15, -0.1) is 0 Å². The summed E-state index contributed by atoms with van der Waals surface area (Å²) in [7, 11) is 0. The fourth-order valence-electron chi connectivity index (χ4n) is 2.60. The summed E-state index contributed by atoms with van der Waals surface area (Å²) < 4.78 is 4.77. The molecule has 1 aliphatic heterocycles. The molecule has 0 saturated carbocycles. The Morgan fingerprint density at radius 2 is 1.82 bits per heavy atom. The molecule has 0 radical (unpaired) electrons. The van der Waals surface area contributed by atoms with Crippen molar-refractivity contribution in [2.45, 2.75) is 39.5 Å². The number of carbonyl (C=O) groups is 1. The van der Waals surface area contributed by atoms with E-state index < -0.39 is 6.09 Å². The lowest BCUT2D eigenvalue weighted by molar-refractivity contribution is 0.152. The Hall–Kier alpha value is -2.04. The number of hydrazone groups is 1. The molecular formula is C17H25N3O2. The van der Waals surface area contributed by atoms with Gasteiger partial charge in [0.2, 0.25) is 0 Å². The van der Waals surface area contributed by atoms with Crippen LogP contribution in [0.4, 0.5) is 10.5 Å². The number of rotatable bonds is 4. The SMILES string of the molecule is CCOC(=O)N/N=C(\C)c1ccc(N2CCCCCC2)cc1. The van der Waals surface area contributed by atoms with Gasteiger partial charge in [-0.2, -0.15) is 5.10 Å². The second kappa shape index (κ2) is 8.41. The van der Waals surface area contributed by atoms with E-state index in [4.69, 9.17) is 4.74 Å². The zero-order valence-electron chi connectivity index (χ0n) is 13.5. The van der Waals surface area contributed by atoms with Crippen LogP contribution < -0.4 is 10.3 Å². The summed E-state index contributed by atoms with van der Waals surface area (Å²) in [4.78, 5) is 13.7. The summed E-state index contributed by atoms with van der Waals surface area (Å²) in [6.07, 6.45) is 4.68. The van der Waals surface area contributed by atoms with Gasteiger partial charge in [0.05, 0.1) is 12.3 Å². The number of nitrogens with zero attached hydrogens (tertiary/aromatic N) is 2. The van der Waals surface area contributed by atoms with E-state index in [1.807, 2.05) is 19.1 Å². The Labute approximate surface area is 132 Å². The molecule has 1 aliphatic rings. The minimum atomic E-state index is -0.525. The fourth-order valence-corrected chi connectivity index (χ4v) is 2.60. The molecule has 0 unspecified atom stereocenters. The van der Waals surface area contributed by atoms with Gasteiger partial charge in [-0.3, -0.25) is 0 Å². The van der Waals surface area contributed by atoms with Gasteiger partial charge in [0.1, 0.15) is 0 Å². The molecule has 1 heterocycles. The molecule has 120 valence electrons. The van der Waals surface area contributed by atoms with Crippen molar-refractivity contribution >= 4 is 17.5 Å². The summed E-state index contributed by atoms with van der Waals surface area (Å²) in [5.41, 5.74) is 5.40. The third-order valence-corrected chi connectivity index (χ3v) is 3.85. The average Bonchev–Trinajstić information content (AvgIpc) is 2.82. The van der Waals surface area contributed by atoms with Gasteiger partial charge in [0, 0.05) is 18.8 Å². The molecule has 0 bridgehead atoms. The van der Waals surface area contributed by atoms with Gasteiger partial charge >= 0.3 is 6.09 Å². The monoisotopic (exact) mass is 303 g/mol. The van der Waals surface area contributed by atoms with Crippen molar-refractivity contribution in [3.8, 4) is 0 Å². The van der Waals surface area contributed by atoms with E-state index in [0.29, 0.717) is 6.61 Å². The topological polar surface area (TPSA) is 53.9 Å². The molecule has 5 heteroatoms. The number of ether oxygens (including phenoxy) is 1. The summed E-state index contributed by atoms with van der Waals surface area (Å²) in [5, 5.41) is 4.05. The predicted octanol–water partition coefficient (Wildman–Crippen LogP) is 3.54. The van der Waals surface area contributed by atoms with Crippen LogP contribution in [0.3, 0.4) is 0 Å². The number of amides is 1. The molecule has 0 aliphatic carbocycles. The molecule has 5 nitrogen and oxygen atoms in total. The first-order valence-corrected chi connectivity index (χ1v) is 8.03. The maximum absolute atomic E-state index is 11.2. The lowest BCUT2D eigenvalue weighted by Gasteiger charge is -2.22.